The monoisotopic (exact) mass is 516 g/mol. The van der Waals surface area contributed by atoms with E-state index in [4.69, 9.17) is 14.9 Å². The van der Waals surface area contributed by atoms with E-state index in [9.17, 15) is 14.4 Å². The summed E-state index contributed by atoms with van der Waals surface area (Å²) in [4.78, 5) is 42.9. The number of hydrogen-bond donors (Lipinski definition) is 1. The molecule has 0 saturated carbocycles. The fraction of sp³-hybridized carbons (Fsp3) is 0.345. The summed E-state index contributed by atoms with van der Waals surface area (Å²) in [6.07, 6.45) is 4.01. The van der Waals surface area contributed by atoms with Gasteiger partial charge in [-0.2, -0.15) is 0 Å². The highest BCUT2D eigenvalue weighted by Crippen LogP contribution is 2.32. The van der Waals surface area contributed by atoms with Gasteiger partial charge in [0.05, 0.1) is 0 Å². The number of ether oxygens (including phenoxy) is 1. The molecule has 2 aromatic carbocycles. The number of nitrogens with zero attached hydrogens (tertiary/aromatic N) is 3. The first-order valence-corrected chi connectivity index (χ1v) is 12.8. The van der Waals surface area contributed by atoms with Crippen LogP contribution >= 0.6 is 0 Å². The molecule has 2 aliphatic rings. The molecule has 1 aromatic heterocycles. The van der Waals surface area contributed by atoms with Crippen LogP contribution in [0.4, 0.5) is 0 Å². The zero-order chi connectivity index (χ0) is 26.8. The standard InChI is InChI=1S/C29H32N4O5/c1-31(2)29(36)27-14-22-13-19(8-9-25(22)38-27)20-6-4-11-32(16-20)28(35)24-15-23-21(17-33(24)18-34)5-3-7-26(23)37-12-10-30/h3,5-9,13-14,18,24H,4,10-12,15-17,30H2,1-2H3/t24-/m1/s1. The molecule has 0 saturated heterocycles. The first kappa shape index (κ1) is 25.5. The van der Waals surface area contributed by atoms with Gasteiger partial charge in [-0.1, -0.05) is 24.3 Å². The Morgan fingerprint density at radius 1 is 1.18 bits per heavy atom. The molecule has 0 unspecified atom stereocenters. The van der Waals surface area contributed by atoms with Crippen LogP contribution in [0, 0.1) is 0 Å². The molecule has 3 heterocycles. The van der Waals surface area contributed by atoms with Crippen molar-refractivity contribution in [2.24, 2.45) is 5.73 Å². The van der Waals surface area contributed by atoms with Crippen molar-refractivity contribution in [1.29, 1.82) is 0 Å². The second kappa shape index (κ2) is 10.7. The smallest absolute Gasteiger partial charge is 0.289 e. The summed E-state index contributed by atoms with van der Waals surface area (Å²) in [5.41, 5.74) is 10.2. The Kier molecular flexibility index (Phi) is 7.20. The number of nitrogens with two attached hydrogens (primary N) is 1. The van der Waals surface area contributed by atoms with Gasteiger partial charge in [-0.25, -0.2) is 0 Å². The number of carbonyl (C=O) groups is 3. The van der Waals surface area contributed by atoms with E-state index in [1.54, 1.807) is 25.1 Å². The summed E-state index contributed by atoms with van der Waals surface area (Å²) >= 11 is 0. The van der Waals surface area contributed by atoms with Gasteiger partial charge in [0.25, 0.3) is 5.91 Å². The van der Waals surface area contributed by atoms with E-state index in [1.807, 2.05) is 41.3 Å². The van der Waals surface area contributed by atoms with E-state index in [2.05, 4.69) is 6.08 Å². The average molecular weight is 517 g/mol. The van der Waals surface area contributed by atoms with Crippen LogP contribution in [0.5, 0.6) is 5.75 Å². The van der Waals surface area contributed by atoms with Crippen LogP contribution in [-0.2, 0) is 22.6 Å². The second-order valence-corrected chi connectivity index (χ2v) is 9.87. The highest BCUT2D eigenvalue weighted by molar-refractivity contribution is 5.96. The third kappa shape index (κ3) is 4.89. The van der Waals surface area contributed by atoms with Gasteiger partial charge in [0.1, 0.15) is 24.0 Å². The number of carbonyl (C=O) groups excluding carboxylic acids is 3. The molecule has 0 spiro atoms. The van der Waals surface area contributed by atoms with Crippen molar-refractivity contribution < 1.29 is 23.5 Å². The summed E-state index contributed by atoms with van der Waals surface area (Å²) in [6.45, 7) is 2.16. The average Bonchev–Trinajstić information content (AvgIpc) is 3.38. The molecule has 9 nitrogen and oxygen atoms in total. The second-order valence-electron chi connectivity index (χ2n) is 9.87. The van der Waals surface area contributed by atoms with Crippen LogP contribution in [0.2, 0.25) is 0 Å². The lowest BCUT2D eigenvalue weighted by molar-refractivity contribution is -0.141. The normalized spacial score (nSPS) is 17.1. The number of hydrogen-bond acceptors (Lipinski definition) is 6. The zero-order valence-electron chi connectivity index (χ0n) is 21.7. The minimum Gasteiger partial charge on any atom is -0.492 e. The number of fused-ring (bicyclic) bond motifs is 2. The molecule has 2 aliphatic heterocycles. The molecule has 0 radical (unpaired) electrons. The molecule has 3 amide bonds. The van der Waals surface area contributed by atoms with E-state index in [-0.39, 0.29) is 17.6 Å². The van der Waals surface area contributed by atoms with E-state index >= 15 is 0 Å². The first-order chi connectivity index (χ1) is 18.4. The van der Waals surface area contributed by atoms with Crippen LogP contribution < -0.4 is 10.5 Å². The minimum atomic E-state index is -0.599. The number of amides is 3. The Hall–Kier alpha value is -4.11. The molecule has 9 heteroatoms. The van der Waals surface area contributed by atoms with E-state index in [0.29, 0.717) is 51.2 Å². The van der Waals surface area contributed by atoms with E-state index < -0.39 is 6.04 Å². The Morgan fingerprint density at radius 3 is 2.79 bits per heavy atom. The molecule has 2 N–H and O–H groups in total. The number of rotatable bonds is 7. The Morgan fingerprint density at radius 2 is 2.03 bits per heavy atom. The quantitative estimate of drug-likeness (QED) is 0.484. The Bertz CT molecular complexity index is 1410. The van der Waals surface area contributed by atoms with Gasteiger partial charge in [0.15, 0.2) is 5.76 Å². The minimum absolute atomic E-state index is 0.0785. The largest absolute Gasteiger partial charge is 0.492 e. The predicted molar refractivity (Wildman–Crippen MR) is 143 cm³/mol. The van der Waals surface area contributed by atoms with Crippen LogP contribution in [0.25, 0.3) is 16.5 Å². The van der Waals surface area contributed by atoms with Gasteiger partial charge in [-0.15, -0.1) is 0 Å². The van der Waals surface area contributed by atoms with Crippen molar-refractivity contribution >= 4 is 34.8 Å². The van der Waals surface area contributed by atoms with Crippen molar-refractivity contribution in [3.8, 4) is 5.75 Å². The highest BCUT2D eigenvalue weighted by atomic mass is 16.5. The number of benzene rings is 2. The van der Waals surface area contributed by atoms with Crippen molar-refractivity contribution in [1.82, 2.24) is 14.7 Å². The van der Waals surface area contributed by atoms with Crippen LogP contribution in [0.1, 0.15) is 33.7 Å². The lowest BCUT2D eigenvalue weighted by atomic mass is 9.92. The topological polar surface area (TPSA) is 109 Å². The summed E-state index contributed by atoms with van der Waals surface area (Å²) in [7, 11) is 3.37. The third-order valence-electron chi connectivity index (χ3n) is 7.14. The van der Waals surface area contributed by atoms with Crippen LogP contribution in [0.3, 0.4) is 0 Å². The summed E-state index contributed by atoms with van der Waals surface area (Å²) in [5, 5.41) is 0.832. The maximum absolute atomic E-state index is 13.8. The maximum Gasteiger partial charge on any atom is 0.289 e. The molecule has 198 valence electrons. The van der Waals surface area contributed by atoms with Gasteiger partial charge in [0, 0.05) is 57.6 Å². The maximum atomic E-state index is 13.8. The molecule has 1 atom stereocenters. The molecule has 3 aromatic rings. The van der Waals surface area contributed by atoms with Crippen LogP contribution in [-0.4, -0.2) is 79.3 Å². The fourth-order valence-electron chi connectivity index (χ4n) is 5.17. The Balaban J connectivity index is 1.35. The number of furan rings is 1. The van der Waals surface area contributed by atoms with E-state index in [1.165, 1.54) is 4.90 Å². The van der Waals surface area contributed by atoms with Crippen molar-refractivity contribution in [3.05, 3.63) is 71.0 Å². The molecule has 5 rings (SSSR count). The van der Waals surface area contributed by atoms with Gasteiger partial charge < -0.3 is 29.6 Å². The predicted octanol–water partition coefficient (Wildman–Crippen LogP) is 2.67. The highest BCUT2D eigenvalue weighted by Gasteiger charge is 2.35. The first-order valence-electron chi connectivity index (χ1n) is 12.8. The Labute approximate surface area is 221 Å². The molecule has 0 bridgehead atoms. The van der Waals surface area contributed by atoms with E-state index in [0.717, 1.165) is 39.8 Å². The molecule has 0 aliphatic carbocycles. The van der Waals surface area contributed by atoms with Gasteiger partial charge >= 0.3 is 0 Å². The fourth-order valence-corrected chi connectivity index (χ4v) is 5.17. The molecular formula is C29H32N4O5. The van der Waals surface area contributed by atoms with Gasteiger partial charge in [0.2, 0.25) is 12.3 Å². The third-order valence-corrected chi connectivity index (χ3v) is 7.14. The van der Waals surface area contributed by atoms with Crippen molar-refractivity contribution in [2.45, 2.75) is 25.4 Å². The summed E-state index contributed by atoms with van der Waals surface area (Å²) in [6, 6.07) is 12.7. The molecular weight excluding hydrogens is 484 g/mol. The lowest BCUT2D eigenvalue weighted by Gasteiger charge is -2.38. The molecule has 0 fully saturated rings. The summed E-state index contributed by atoms with van der Waals surface area (Å²) in [5.74, 6) is 0.737. The SMILES string of the molecule is CN(C)C(=O)c1cc2cc(C3=CCCN(C(=O)[C@H]4Cc5c(cccc5OCCN)CN4C=O)C3)ccc2o1. The lowest BCUT2D eigenvalue weighted by Crippen LogP contribution is -2.52. The van der Waals surface area contributed by atoms with Gasteiger partial charge in [-0.05, 0) is 47.4 Å². The summed E-state index contributed by atoms with van der Waals surface area (Å²) < 4.78 is 11.6. The van der Waals surface area contributed by atoms with Gasteiger partial charge in [-0.3, -0.25) is 14.4 Å². The zero-order valence-corrected chi connectivity index (χ0v) is 21.7. The van der Waals surface area contributed by atoms with Crippen LogP contribution in [0.15, 0.2) is 53.0 Å². The van der Waals surface area contributed by atoms with Crippen molar-refractivity contribution in [3.63, 3.8) is 0 Å². The van der Waals surface area contributed by atoms with Crippen molar-refractivity contribution in [2.75, 3.05) is 40.3 Å². The molecule has 38 heavy (non-hydrogen) atoms.